The van der Waals surface area contributed by atoms with E-state index in [4.69, 9.17) is 0 Å². The lowest BCUT2D eigenvalue weighted by molar-refractivity contribution is 1.10. The van der Waals surface area contributed by atoms with E-state index in [9.17, 15) is 0 Å². The van der Waals surface area contributed by atoms with Crippen LogP contribution in [0.2, 0.25) is 0 Å². The van der Waals surface area contributed by atoms with Crippen molar-refractivity contribution < 1.29 is 0 Å². The third kappa shape index (κ3) is 39.1. The molecule has 0 unspecified atom stereocenters. The fourth-order valence-corrected chi connectivity index (χ4v) is 0. The quantitative estimate of drug-likeness (QED) is 0.638. The lowest BCUT2D eigenvalue weighted by Gasteiger charge is -1.67. The molecule has 0 saturated heterocycles. The van der Waals surface area contributed by atoms with Crippen molar-refractivity contribution >= 4 is 64.8 Å². The molecule has 0 aliphatic heterocycles. The highest BCUT2D eigenvalue weighted by Crippen LogP contribution is 1.77. The van der Waals surface area contributed by atoms with Crippen molar-refractivity contribution in [2.75, 3.05) is 0 Å². The summed E-state index contributed by atoms with van der Waals surface area (Å²) in [6.45, 7) is 4.18. The van der Waals surface area contributed by atoms with E-state index in [2.05, 4.69) is 46.0 Å². The molecule has 0 aromatic heterocycles. The summed E-state index contributed by atoms with van der Waals surface area (Å²) in [5.74, 6) is 0. The van der Waals surface area contributed by atoms with E-state index in [0.717, 1.165) is 0 Å². The second-order valence-corrected chi connectivity index (χ2v) is 9.00. The van der Waals surface area contributed by atoms with E-state index in [1.54, 1.807) is 0 Å². The van der Waals surface area contributed by atoms with Crippen molar-refractivity contribution in [3.05, 3.63) is 6.42 Å². The van der Waals surface area contributed by atoms with Crippen molar-refractivity contribution in [1.29, 1.82) is 0 Å². The minimum Gasteiger partial charge on any atom is -0.280 e. The summed E-state index contributed by atoms with van der Waals surface area (Å²) in [6, 6.07) is 0. The summed E-state index contributed by atoms with van der Waals surface area (Å²) in [7, 11) is 0. The molecule has 0 amide bonds. The topological polar surface area (TPSA) is 0 Å². The van der Waals surface area contributed by atoms with Gasteiger partial charge in [-0.05, 0) is 6.42 Å². The third-order valence-corrected chi connectivity index (χ3v) is 0.408. The summed E-state index contributed by atoms with van der Waals surface area (Å²) in [5.41, 5.74) is 0. The average Bonchev–Trinajstić information content (AvgIpc) is 1.69. The maximum absolute atomic E-state index is 3.20. The smallest absolute Gasteiger partial charge is 0.280 e. The molecule has 0 rings (SSSR count). The Kier molecular flexibility index (Phi) is 47.8. The molecule has 0 nitrogen and oxygen atoms in total. The van der Waals surface area contributed by atoms with Gasteiger partial charge in [-0.15, -0.1) is 0 Å². The van der Waals surface area contributed by atoms with Crippen LogP contribution < -0.4 is 0 Å². The van der Waals surface area contributed by atoms with Gasteiger partial charge in [-0.3, -0.25) is 25.8 Å². The van der Waals surface area contributed by atoms with Gasteiger partial charge >= 0.3 is 39.1 Å². The van der Waals surface area contributed by atoms with E-state index in [0.29, 0.717) is 0 Å². The molecule has 8 heavy (non-hydrogen) atoms. The Labute approximate surface area is 90.2 Å². The lowest BCUT2D eigenvalue weighted by Crippen LogP contribution is -1.50. The summed E-state index contributed by atoms with van der Waals surface area (Å²) < 4.78 is 0. The van der Waals surface area contributed by atoms with Crippen molar-refractivity contribution in [1.82, 2.24) is 0 Å². The second kappa shape index (κ2) is 22.7. The molecule has 0 heterocycles. The van der Waals surface area contributed by atoms with Crippen molar-refractivity contribution in [3.8, 4) is 0 Å². The summed E-state index contributed by atoms with van der Waals surface area (Å²) in [4.78, 5) is 0. The minimum atomic E-state index is 0. The monoisotopic (exact) mass is 265 g/mol. The molecule has 0 aromatic carbocycles. The van der Waals surface area contributed by atoms with Crippen LogP contribution in [0.3, 0.4) is 0 Å². The first-order chi connectivity index (χ1) is 3.33. The molecule has 0 aliphatic carbocycles. The maximum Gasteiger partial charge on any atom is 0.560 e. The molecular weight excluding hydrogens is 256 g/mol. The van der Waals surface area contributed by atoms with E-state index in [1.807, 2.05) is 0 Å². The molecule has 4 heteroatoms. The van der Waals surface area contributed by atoms with Gasteiger partial charge in [0.05, 0.1) is 0 Å². The number of hydrogen-bond donors (Lipinski definition) is 0. The largest absolute Gasteiger partial charge is 0.560 e. The van der Waals surface area contributed by atoms with E-state index in [-0.39, 0.29) is 39.1 Å². The lowest BCUT2D eigenvalue weighted by atomic mass is 10.4. The summed E-state index contributed by atoms with van der Waals surface area (Å²) in [6.07, 6.45) is 3.32. The Bertz CT molecular complexity index is 19.5. The molecule has 0 aliphatic rings. The number of hydrogen-bond acceptors (Lipinski definition) is 0. The molecule has 0 saturated carbocycles. The number of unbranched alkanes of at least 4 members (excludes halogenated alkanes) is 1. The van der Waals surface area contributed by atoms with Crippen LogP contribution in [0.25, 0.3) is 0 Å². The zero-order valence-electron chi connectivity index (χ0n) is 4.75. The van der Waals surface area contributed by atoms with E-state index < -0.39 is 0 Å². The highest BCUT2D eigenvalue weighted by molar-refractivity contribution is 9.47. The van der Waals surface area contributed by atoms with Crippen LogP contribution >= 0.6 is 25.8 Å². The zero-order valence-corrected chi connectivity index (χ0v) is 9.33. The highest BCUT2D eigenvalue weighted by Gasteiger charge is 1.62. The first-order valence-electron chi connectivity index (χ1n) is 2.23. The zero-order chi connectivity index (χ0) is 6.12. The molecule has 0 N–H and O–H groups in total. The fourth-order valence-electron chi connectivity index (χ4n) is 0. The predicted octanol–water partition coefficient (Wildman–Crippen LogP) is 2.01. The van der Waals surface area contributed by atoms with E-state index in [1.165, 1.54) is 6.42 Å². The van der Waals surface area contributed by atoms with Gasteiger partial charge < -0.3 is 0 Å². The van der Waals surface area contributed by atoms with Gasteiger partial charge in [0.2, 0.25) is 0 Å². The van der Waals surface area contributed by atoms with Crippen LogP contribution in [-0.4, -0.2) is 39.1 Å². The third-order valence-electron chi connectivity index (χ3n) is 0.408. The van der Waals surface area contributed by atoms with Gasteiger partial charge in [-0.25, -0.2) is 0 Å². The molecule has 0 atom stereocenters. The SMILES string of the molecule is C[CH]CC.[Br][Mg][Br].[MgH2]. The van der Waals surface area contributed by atoms with Gasteiger partial charge in [0.1, 0.15) is 0 Å². The van der Waals surface area contributed by atoms with E-state index >= 15 is 0 Å². The summed E-state index contributed by atoms with van der Waals surface area (Å²) in [5, 5.41) is 0. The predicted molar refractivity (Wildman–Crippen MR) is 52.4 cm³/mol. The van der Waals surface area contributed by atoms with Gasteiger partial charge in [0, 0.05) is 0 Å². The minimum absolute atomic E-state index is 0. The molecule has 1 radical (unpaired) electrons. The molecule has 0 fully saturated rings. The van der Waals surface area contributed by atoms with Crippen LogP contribution in [0, 0.1) is 6.42 Å². The van der Waals surface area contributed by atoms with Gasteiger partial charge in [-0.1, -0.05) is 20.3 Å². The second-order valence-electron chi connectivity index (χ2n) is 0.918. The summed E-state index contributed by atoms with van der Waals surface area (Å²) >= 11 is 6.44. The Morgan fingerprint density at radius 3 is 1.62 bits per heavy atom. The fraction of sp³-hybridized carbons (Fsp3) is 0.750. The molecule has 45 valence electrons. The first-order valence-corrected chi connectivity index (χ1v) is 10.0. The van der Waals surface area contributed by atoms with Crippen LogP contribution in [0.15, 0.2) is 0 Å². The standard InChI is InChI=1S/C4H9.2BrH.2Mg.2H/c1-3-4-2;;;;;;/h3H,4H2,1-2H3;2*1H;;;;/q;;;;+2;;/p-2. The highest BCUT2D eigenvalue weighted by atomic mass is 79.9. The van der Waals surface area contributed by atoms with Crippen molar-refractivity contribution in [3.63, 3.8) is 0 Å². The maximum atomic E-state index is 3.20. The Morgan fingerprint density at radius 2 is 1.62 bits per heavy atom. The first kappa shape index (κ1) is 16.8. The number of rotatable bonds is 1. The van der Waals surface area contributed by atoms with Crippen LogP contribution in [-0.2, 0) is 0 Å². The van der Waals surface area contributed by atoms with Gasteiger partial charge in [0.25, 0.3) is 0 Å². The van der Waals surface area contributed by atoms with Crippen LogP contribution in [0.4, 0.5) is 0 Å². The molecular formula is C4H11Br2Mg2. The molecule has 0 bridgehead atoms. The van der Waals surface area contributed by atoms with Crippen LogP contribution in [0.1, 0.15) is 20.3 Å². The Hall–Kier alpha value is 2.49. The van der Waals surface area contributed by atoms with Gasteiger partial charge in [0.15, 0.2) is 0 Å². The van der Waals surface area contributed by atoms with Crippen molar-refractivity contribution in [2.24, 2.45) is 0 Å². The van der Waals surface area contributed by atoms with Gasteiger partial charge in [-0.2, -0.15) is 0 Å². The molecule has 0 spiro atoms. The Morgan fingerprint density at radius 1 is 1.50 bits per heavy atom. The average molecular weight is 268 g/mol. The van der Waals surface area contributed by atoms with Crippen LogP contribution in [0.5, 0.6) is 0 Å². The normalized spacial score (nSPS) is 5.00. The molecule has 0 aromatic rings. The Balaban J connectivity index is -0.0000000575. The van der Waals surface area contributed by atoms with Crippen molar-refractivity contribution in [2.45, 2.75) is 20.3 Å². The number of halogens is 2.